The molecule has 0 saturated carbocycles. The third-order valence-corrected chi connectivity index (χ3v) is 2.59. The van der Waals surface area contributed by atoms with E-state index in [0.29, 0.717) is 11.6 Å². The lowest BCUT2D eigenvalue weighted by atomic mass is 10.3. The van der Waals surface area contributed by atoms with Crippen molar-refractivity contribution >= 4 is 17.6 Å². The molecule has 1 heterocycles. The minimum Gasteiger partial charge on any atom is -0.409 e. The molecular weight excluding hydrogens is 216 g/mol. The van der Waals surface area contributed by atoms with E-state index < -0.39 is 0 Å². The fraction of sp³-hybridized carbons (Fsp3) is 0.375. The predicted octanol–water partition coefficient (Wildman–Crippen LogP) is 0.387. The zero-order valence-corrected chi connectivity index (χ0v) is 8.99. The summed E-state index contributed by atoms with van der Waals surface area (Å²) in [6, 6.07) is 1.35. The lowest BCUT2D eigenvalue weighted by Gasteiger charge is -2.08. The third-order valence-electron chi connectivity index (χ3n) is 1.59. The van der Waals surface area contributed by atoms with Crippen molar-refractivity contribution in [1.82, 2.24) is 9.97 Å². The Morgan fingerprint density at radius 2 is 2.60 bits per heavy atom. The molecule has 0 aliphatic heterocycles. The highest BCUT2D eigenvalue weighted by Gasteiger charge is 2.08. The van der Waals surface area contributed by atoms with Gasteiger partial charge in [0.1, 0.15) is 5.84 Å². The molecule has 1 atom stereocenters. The van der Waals surface area contributed by atoms with Gasteiger partial charge in [0.05, 0.1) is 0 Å². The quantitative estimate of drug-likeness (QED) is 0.173. The molecule has 0 spiro atoms. The van der Waals surface area contributed by atoms with Gasteiger partial charge in [0.15, 0.2) is 5.16 Å². The molecule has 1 aromatic rings. The molecule has 15 heavy (non-hydrogen) atoms. The van der Waals surface area contributed by atoms with E-state index in [2.05, 4.69) is 15.1 Å². The standard InChI is InChI=1S/C8H12N4O2S/c1-5(4-6(9)12-14)15-8-10-3-2-7(13)11-8/h2-3,5,14H,4H2,1H3,(H2,9,12)(H,10,11,13). The highest BCUT2D eigenvalue weighted by Crippen LogP contribution is 2.19. The van der Waals surface area contributed by atoms with Crippen LogP contribution in [0.15, 0.2) is 27.4 Å². The molecule has 7 heteroatoms. The second-order valence-electron chi connectivity index (χ2n) is 2.96. The van der Waals surface area contributed by atoms with Gasteiger partial charge in [-0.2, -0.15) is 0 Å². The summed E-state index contributed by atoms with van der Waals surface area (Å²) in [5, 5.41) is 11.9. The van der Waals surface area contributed by atoms with Crippen molar-refractivity contribution in [2.45, 2.75) is 23.8 Å². The van der Waals surface area contributed by atoms with Gasteiger partial charge in [-0.25, -0.2) is 4.98 Å². The number of thioether (sulfide) groups is 1. The first kappa shape index (κ1) is 11.6. The van der Waals surface area contributed by atoms with Gasteiger partial charge < -0.3 is 15.9 Å². The minimum atomic E-state index is -0.191. The number of rotatable bonds is 4. The zero-order chi connectivity index (χ0) is 11.3. The Hall–Kier alpha value is -1.50. The molecule has 0 radical (unpaired) electrons. The average molecular weight is 228 g/mol. The Balaban J connectivity index is 2.58. The van der Waals surface area contributed by atoms with Gasteiger partial charge in [-0.05, 0) is 0 Å². The monoisotopic (exact) mass is 228 g/mol. The maximum atomic E-state index is 11.0. The second kappa shape index (κ2) is 5.40. The summed E-state index contributed by atoms with van der Waals surface area (Å²) in [4.78, 5) is 17.5. The Labute approximate surface area is 90.6 Å². The molecular formula is C8H12N4O2S. The number of oxime groups is 1. The molecule has 1 rings (SSSR count). The molecule has 1 aromatic heterocycles. The van der Waals surface area contributed by atoms with E-state index in [4.69, 9.17) is 10.9 Å². The van der Waals surface area contributed by atoms with Crippen LogP contribution in [0.5, 0.6) is 0 Å². The van der Waals surface area contributed by atoms with Crippen LogP contribution in [0.25, 0.3) is 0 Å². The smallest absolute Gasteiger partial charge is 0.251 e. The largest absolute Gasteiger partial charge is 0.409 e. The van der Waals surface area contributed by atoms with Gasteiger partial charge in [-0.3, -0.25) is 4.79 Å². The number of aromatic amines is 1. The summed E-state index contributed by atoms with van der Waals surface area (Å²) in [6.07, 6.45) is 1.87. The van der Waals surface area contributed by atoms with Crippen LogP contribution in [0.1, 0.15) is 13.3 Å². The van der Waals surface area contributed by atoms with Crippen LogP contribution in [0.4, 0.5) is 0 Å². The van der Waals surface area contributed by atoms with Crippen LogP contribution >= 0.6 is 11.8 Å². The third kappa shape index (κ3) is 4.03. The van der Waals surface area contributed by atoms with Crippen molar-refractivity contribution in [2.75, 3.05) is 0 Å². The van der Waals surface area contributed by atoms with Gasteiger partial charge in [-0.1, -0.05) is 23.8 Å². The van der Waals surface area contributed by atoms with E-state index in [9.17, 15) is 4.79 Å². The molecule has 1 unspecified atom stereocenters. The molecule has 0 aliphatic carbocycles. The fourth-order valence-electron chi connectivity index (χ4n) is 0.979. The fourth-order valence-corrected chi connectivity index (χ4v) is 1.90. The van der Waals surface area contributed by atoms with E-state index in [-0.39, 0.29) is 16.6 Å². The maximum absolute atomic E-state index is 11.0. The molecule has 82 valence electrons. The van der Waals surface area contributed by atoms with E-state index in [0.717, 1.165) is 0 Å². The number of H-pyrrole nitrogens is 1. The molecule has 0 fully saturated rings. The molecule has 6 nitrogen and oxygen atoms in total. The highest BCUT2D eigenvalue weighted by molar-refractivity contribution is 7.99. The van der Waals surface area contributed by atoms with Gasteiger partial charge in [0.25, 0.3) is 5.56 Å². The Kier molecular flexibility index (Phi) is 4.17. The number of nitrogens with one attached hydrogen (secondary N) is 1. The maximum Gasteiger partial charge on any atom is 0.251 e. The molecule has 0 bridgehead atoms. The van der Waals surface area contributed by atoms with Gasteiger partial charge in [0, 0.05) is 23.9 Å². The second-order valence-corrected chi connectivity index (χ2v) is 4.39. The van der Waals surface area contributed by atoms with E-state index in [1.54, 1.807) is 0 Å². The summed E-state index contributed by atoms with van der Waals surface area (Å²) in [6.45, 7) is 1.90. The van der Waals surface area contributed by atoms with Gasteiger partial charge in [-0.15, -0.1) is 0 Å². The number of nitrogens with two attached hydrogens (primary N) is 1. The molecule has 0 saturated heterocycles. The summed E-state index contributed by atoms with van der Waals surface area (Å²) in [7, 11) is 0. The normalized spacial score (nSPS) is 13.8. The van der Waals surface area contributed by atoms with Crippen LogP contribution in [0, 0.1) is 0 Å². The van der Waals surface area contributed by atoms with E-state index in [1.165, 1.54) is 24.0 Å². The molecule has 0 aromatic carbocycles. The average Bonchev–Trinajstić information content (AvgIpc) is 2.17. The van der Waals surface area contributed by atoms with Crippen LogP contribution in [0.2, 0.25) is 0 Å². The van der Waals surface area contributed by atoms with E-state index in [1.807, 2.05) is 6.92 Å². The summed E-state index contributed by atoms with van der Waals surface area (Å²) in [5.74, 6) is 0.160. The topological polar surface area (TPSA) is 104 Å². The summed E-state index contributed by atoms with van der Waals surface area (Å²) in [5.41, 5.74) is 5.16. The Morgan fingerprint density at radius 1 is 1.87 bits per heavy atom. The Morgan fingerprint density at radius 3 is 3.20 bits per heavy atom. The predicted molar refractivity (Wildman–Crippen MR) is 58.2 cm³/mol. The van der Waals surface area contributed by atoms with Crippen molar-refractivity contribution in [3.8, 4) is 0 Å². The first-order valence-corrected chi connectivity index (χ1v) is 5.18. The lowest BCUT2D eigenvalue weighted by Crippen LogP contribution is -2.17. The minimum absolute atomic E-state index is 0.0754. The highest BCUT2D eigenvalue weighted by atomic mass is 32.2. The van der Waals surface area contributed by atoms with Crippen molar-refractivity contribution in [1.29, 1.82) is 0 Å². The number of hydrogen-bond donors (Lipinski definition) is 3. The SMILES string of the molecule is CC(CC(N)=NO)Sc1nccc(=O)[nH]1. The zero-order valence-electron chi connectivity index (χ0n) is 8.17. The summed E-state index contributed by atoms with van der Waals surface area (Å²) < 4.78 is 0. The molecule has 0 amide bonds. The first-order chi connectivity index (χ1) is 7.11. The van der Waals surface area contributed by atoms with Crippen molar-refractivity contribution in [3.05, 3.63) is 22.6 Å². The van der Waals surface area contributed by atoms with Crippen LogP contribution in [0.3, 0.4) is 0 Å². The van der Waals surface area contributed by atoms with Crippen LogP contribution in [-0.4, -0.2) is 26.3 Å². The van der Waals surface area contributed by atoms with Crippen LogP contribution in [-0.2, 0) is 0 Å². The van der Waals surface area contributed by atoms with Crippen molar-refractivity contribution in [2.24, 2.45) is 10.9 Å². The van der Waals surface area contributed by atoms with Crippen LogP contribution < -0.4 is 11.3 Å². The number of amidine groups is 1. The first-order valence-electron chi connectivity index (χ1n) is 4.30. The summed E-state index contributed by atoms with van der Waals surface area (Å²) >= 11 is 1.36. The molecule has 0 aliphatic rings. The number of hydrogen-bond acceptors (Lipinski definition) is 5. The van der Waals surface area contributed by atoms with Gasteiger partial charge >= 0.3 is 0 Å². The lowest BCUT2D eigenvalue weighted by molar-refractivity contribution is 0.317. The Bertz CT molecular complexity index is 404. The number of nitrogens with zero attached hydrogens (tertiary/aromatic N) is 2. The van der Waals surface area contributed by atoms with E-state index >= 15 is 0 Å². The van der Waals surface area contributed by atoms with Crippen molar-refractivity contribution in [3.63, 3.8) is 0 Å². The molecule has 4 N–H and O–H groups in total. The number of aromatic nitrogens is 2. The van der Waals surface area contributed by atoms with Crippen molar-refractivity contribution < 1.29 is 5.21 Å². The van der Waals surface area contributed by atoms with Gasteiger partial charge in [0.2, 0.25) is 0 Å².